The summed E-state index contributed by atoms with van der Waals surface area (Å²) in [4.78, 5) is 56.2. The Balaban J connectivity index is 1.61. The van der Waals surface area contributed by atoms with Gasteiger partial charge in [-0.15, -0.1) is 28.1 Å². The number of β-lactam (4-membered cyclic amide) rings is 1. The van der Waals surface area contributed by atoms with Gasteiger partial charge in [0.2, 0.25) is 5.91 Å². The number of nitrogens with zero attached hydrogens (tertiary/aromatic N) is 3. The number of amides is 2. The first kappa shape index (κ1) is 23.0. The third-order valence-corrected chi connectivity index (χ3v) is 7.07. The van der Waals surface area contributed by atoms with Gasteiger partial charge >= 0.3 is 5.97 Å². The number of carbonyl (C=O) groups excluding carboxylic acids is 2. The van der Waals surface area contributed by atoms with E-state index in [0.29, 0.717) is 29.4 Å². The lowest BCUT2D eigenvalue weighted by Gasteiger charge is -2.49. The summed E-state index contributed by atoms with van der Waals surface area (Å²) in [5.74, 6) is -1.73. The number of carboxylic acid groups (broad SMARTS) is 1. The van der Waals surface area contributed by atoms with Crippen LogP contribution in [0, 0.1) is 4.91 Å². The van der Waals surface area contributed by atoms with Crippen molar-refractivity contribution in [3.8, 4) is 0 Å². The summed E-state index contributed by atoms with van der Waals surface area (Å²) in [5, 5.41) is 15.2. The van der Waals surface area contributed by atoms with Crippen LogP contribution in [0.1, 0.15) is 18.7 Å². The van der Waals surface area contributed by atoms with Gasteiger partial charge in [0, 0.05) is 16.2 Å². The van der Waals surface area contributed by atoms with Crippen molar-refractivity contribution in [2.45, 2.75) is 31.7 Å². The van der Waals surface area contributed by atoms with E-state index in [9.17, 15) is 24.4 Å². The molecule has 1 fully saturated rings. The summed E-state index contributed by atoms with van der Waals surface area (Å²) in [6.45, 7) is 4.38. The van der Waals surface area contributed by atoms with E-state index in [1.807, 2.05) is 31.4 Å². The zero-order chi connectivity index (χ0) is 22.5. The molecule has 2 amide bonds. The van der Waals surface area contributed by atoms with Gasteiger partial charge in [-0.2, -0.15) is 0 Å². The first-order chi connectivity index (χ1) is 14.9. The average Bonchev–Trinajstić information content (AvgIpc) is 3.25. The number of carboxylic acids is 1. The molecule has 11 nitrogen and oxygen atoms in total. The SMILES string of the molecule is CCN(CC)[N+](=O)NOCC1=C(C(=O)O)N2C(=O)C(NC(=O)Cc3cccs3)C2SC1. The molecule has 31 heavy (non-hydrogen) atoms. The van der Waals surface area contributed by atoms with Crippen LogP contribution < -0.4 is 10.9 Å². The minimum atomic E-state index is -1.26. The summed E-state index contributed by atoms with van der Waals surface area (Å²) in [5.41, 5.74) is 2.41. The van der Waals surface area contributed by atoms with Crippen molar-refractivity contribution in [2.75, 3.05) is 25.4 Å². The smallest absolute Gasteiger partial charge is 0.352 e. The molecular weight excluding hydrogens is 446 g/mol. The van der Waals surface area contributed by atoms with E-state index >= 15 is 0 Å². The van der Waals surface area contributed by atoms with E-state index < -0.39 is 23.3 Å². The number of thiophene rings is 1. The normalized spacial score (nSPS) is 20.1. The highest BCUT2D eigenvalue weighted by atomic mass is 32.2. The number of rotatable bonds is 11. The van der Waals surface area contributed by atoms with E-state index in [4.69, 9.17) is 4.84 Å². The van der Waals surface area contributed by atoms with E-state index in [1.54, 1.807) is 0 Å². The number of thioether (sulfide) groups is 1. The highest BCUT2D eigenvalue weighted by molar-refractivity contribution is 8.00. The highest BCUT2D eigenvalue weighted by Crippen LogP contribution is 2.40. The Morgan fingerprint density at radius 3 is 2.74 bits per heavy atom. The number of nitroso groups, excluding NO2 is 1. The van der Waals surface area contributed by atoms with E-state index in [-0.39, 0.29) is 24.6 Å². The Bertz CT molecular complexity index is 886. The van der Waals surface area contributed by atoms with Gasteiger partial charge in [0.15, 0.2) is 0 Å². The first-order valence-electron chi connectivity index (χ1n) is 9.68. The lowest BCUT2D eigenvalue weighted by Crippen LogP contribution is -2.70. The molecule has 3 rings (SSSR count). The summed E-state index contributed by atoms with van der Waals surface area (Å²) in [7, 11) is 0. The van der Waals surface area contributed by atoms with Crippen molar-refractivity contribution in [1.82, 2.24) is 20.8 Å². The quantitative estimate of drug-likeness (QED) is 0.240. The monoisotopic (exact) mass is 470 g/mol. The first-order valence-corrected chi connectivity index (χ1v) is 11.6. The Morgan fingerprint density at radius 2 is 2.13 bits per heavy atom. The van der Waals surface area contributed by atoms with Gasteiger partial charge in [-0.3, -0.25) is 14.5 Å². The molecule has 2 aliphatic rings. The maximum atomic E-state index is 12.6. The third-order valence-electron chi connectivity index (χ3n) is 4.86. The second kappa shape index (κ2) is 10.1. The van der Waals surface area contributed by atoms with Crippen molar-refractivity contribution in [3.63, 3.8) is 0 Å². The van der Waals surface area contributed by atoms with Gasteiger partial charge in [-0.05, 0) is 30.9 Å². The van der Waals surface area contributed by atoms with Crippen LogP contribution in [-0.2, 0) is 25.6 Å². The molecule has 2 aliphatic heterocycles. The van der Waals surface area contributed by atoms with Crippen molar-refractivity contribution >= 4 is 40.9 Å². The molecule has 1 aromatic rings. The number of hydrazine groups is 2. The number of aliphatic carboxylic acids is 1. The van der Waals surface area contributed by atoms with Crippen molar-refractivity contribution < 1.29 is 29.3 Å². The van der Waals surface area contributed by atoms with Crippen LogP contribution >= 0.6 is 23.1 Å². The lowest BCUT2D eigenvalue weighted by atomic mass is 10.0. The summed E-state index contributed by atoms with van der Waals surface area (Å²) in [6, 6.07) is 2.91. The summed E-state index contributed by atoms with van der Waals surface area (Å²) >= 11 is 2.79. The number of nitrogens with one attached hydrogen (secondary N) is 2. The Hall–Kier alpha value is -2.64. The Morgan fingerprint density at radius 1 is 1.39 bits per heavy atom. The minimum absolute atomic E-state index is 0.167. The predicted molar refractivity (Wildman–Crippen MR) is 113 cm³/mol. The van der Waals surface area contributed by atoms with Gasteiger partial charge in [0.05, 0.1) is 24.4 Å². The molecule has 0 aromatic carbocycles. The molecular formula is C18H24N5O6S2+. The molecule has 13 heteroatoms. The van der Waals surface area contributed by atoms with Gasteiger partial charge in [0.25, 0.3) is 10.9 Å². The van der Waals surface area contributed by atoms with Crippen LogP contribution in [0.15, 0.2) is 28.8 Å². The molecule has 0 bridgehead atoms. The zero-order valence-corrected chi connectivity index (χ0v) is 18.7. The average molecular weight is 471 g/mol. The molecule has 0 spiro atoms. The molecule has 0 saturated carbocycles. The predicted octanol–water partition coefficient (Wildman–Crippen LogP) is 0.501. The molecule has 3 heterocycles. The molecule has 2 atom stereocenters. The molecule has 0 radical (unpaired) electrons. The van der Waals surface area contributed by atoms with Crippen molar-refractivity contribution in [1.29, 1.82) is 0 Å². The van der Waals surface area contributed by atoms with Gasteiger partial charge in [-0.25, -0.2) is 9.63 Å². The van der Waals surface area contributed by atoms with Crippen LogP contribution in [0.4, 0.5) is 0 Å². The topological polar surface area (TPSA) is 131 Å². The molecule has 3 N–H and O–H groups in total. The minimum Gasteiger partial charge on any atom is -0.477 e. The fourth-order valence-corrected chi connectivity index (χ4v) is 5.33. The molecule has 1 saturated heterocycles. The van der Waals surface area contributed by atoms with Crippen LogP contribution in [-0.4, -0.2) is 74.6 Å². The lowest BCUT2D eigenvalue weighted by molar-refractivity contribution is -0.787. The third kappa shape index (κ3) is 4.99. The number of hydrogen-bond acceptors (Lipinski definition) is 7. The van der Waals surface area contributed by atoms with E-state index in [2.05, 4.69) is 10.9 Å². The van der Waals surface area contributed by atoms with E-state index in [0.717, 1.165) is 4.88 Å². The van der Waals surface area contributed by atoms with E-state index in [1.165, 1.54) is 33.0 Å². The molecule has 0 aliphatic carbocycles. The maximum absolute atomic E-state index is 12.6. The van der Waals surface area contributed by atoms with Crippen LogP contribution in [0.5, 0.6) is 0 Å². The fraction of sp³-hybridized carbons (Fsp3) is 0.500. The standard InChI is InChI=1S/C18H23N5O6S2/c1-3-21(4-2)23(28)20-29-9-11-10-31-17-14(16(25)22(17)15(11)18(26)27)19-13(24)8-12-6-5-7-30-12/h5-7,14,17H,3-4,8-10H2,1-2H3,(H2-,19,20,24,26,27,28)/p+1. The number of hydrogen-bond donors (Lipinski definition) is 3. The molecule has 2 unspecified atom stereocenters. The molecule has 168 valence electrons. The van der Waals surface area contributed by atoms with Gasteiger partial charge in [0.1, 0.15) is 23.7 Å². The Labute approximate surface area is 186 Å². The number of fused-ring (bicyclic) bond motifs is 1. The zero-order valence-electron chi connectivity index (χ0n) is 17.1. The fourth-order valence-electron chi connectivity index (χ4n) is 3.30. The second-order valence-electron chi connectivity index (χ2n) is 6.76. The maximum Gasteiger partial charge on any atom is 0.352 e. The Kier molecular flexibility index (Phi) is 7.51. The second-order valence-corrected chi connectivity index (χ2v) is 8.90. The summed E-state index contributed by atoms with van der Waals surface area (Å²) in [6.07, 6.45) is 0.170. The summed E-state index contributed by atoms with van der Waals surface area (Å²) < 4.78 is 0. The number of carbonyl (C=O) groups is 3. The van der Waals surface area contributed by atoms with Crippen LogP contribution in [0.2, 0.25) is 0 Å². The van der Waals surface area contributed by atoms with Gasteiger partial charge < -0.3 is 10.4 Å². The largest absolute Gasteiger partial charge is 0.477 e. The van der Waals surface area contributed by atoms with Crippen molar-refractivity contribution in [3.05, 3.63) is 38.6 Å². The van der Waals surface area contributed by atoms with Crippen LogP contribution in [0.25, 0.3) is 0 Å². The van der Waals surface area contributed by atoms with Crippen molar-refractivity contribution in [2.24, 2.45) is 0 Å². The van der Waals surface area contributed by atoms with Gasteiger partial charge in [-0.1, -0.05) is 6.07 Å². The highest BCUT2D eigenvalue weighted by Gasteiger charge is 2.54. The molecule has 1 aromatic heterocycles. The van der Waals surface area contributed by atoms with Crippen LogP contribution in [0.3, 0.4) is 0 Å².